The lowest BCUT2D eigenvalue weighted by atomic mass is 10.2. The zero-order valence-corrected chi connectivity index (χ0v) is 20.1. The molecule has 2 aromatic heterocycles. The minimum atomic E-state index is -0.575. The van der Waals surface area contributed by atoms with Crippen LogP contribution in [0.25, 0.3) is 11.2 Å². The lowest BCUT2D eigenvalue weighted by Crippen LogP contribution is -2.47. The molecule has 4 aromatic rings. The molecule has 0 unspecified atom stereocenters. The maximum Gasteiger partial charge on any atom is 0.333 e. The molecule has 35 heavy (non-hydrogen) atoms. The van der Waals surface area contributed by atoms with E-state index >= 15 is 0 Å². The second-order valence-corrected chi connectivity index (χ2v) is 8.54. The molecule has 1 amide bonds. The van der Waals surface area contributed by atoms with Crippen molar-refractivity contribution in [2.75, 3.05) is 18.6 Å². The summed E-state index contributed by atoms with van der Waals surface area (Å²) >= 11 is 0. The van der Waals surface area contributed by atoms with Crippen molar-refractivity contribution >= 4 is 22.8 Å². The summed E-state index contributed by atoms with van der Waals surface area (Å²) in [5, 5.41) is 0. The Morgan fingerprint density at radius 3 is 2.29 bits per heavy atom. The predicted octanol–water partition coefficient (Wildman–Crippen LogP) is 2.50. The number of fused-ring (bicyclic) bond motifs is 1. The van der Waals surface area contributed by atoms with Crippen LogP contribution in [0.5, 0.6) is 0 Å². The lowest BCUT2D eigenvalue weighted by Gasteiger charge is -2.27. The number of amides is 1. The molecule has 2 heterocycles. The number of benzene rings is 2. The SMILES string of the molecule is COCCn1cnc2c1c(=O)n(CC(=O)N(c1ccccc1)C(C)C)c(=O)n2Cc1ccccc1. The number of para-hydroxylation sites is 1. The molecule has 2 aromatic carbocycles. The van der Waals surface area contributed by atoms with E-state index in [2.05, 4.69) is 4.98 Å². The van der Waals surface area contributed by atoms with Crippen LogP contribution in [0.3, 0.4) is 0 Å². The van der Waals surface area contributed by atoms with Crippen LogP contribution in [-0.2, 0) is 29.2 Å². The Kier molecular flexibility index (Phi) is 7.26. The fourth-order valence-electron chi connectivity index (χ4n) is 4.18. The van der Waals surface area contributed by atoms with Crippen molar-refractivity contribution in [1.29, 1.82) is 0 Å². The van der Waals surface area contributed by atoms with Gasteiger partial charge in [-0.15, -0.1) is 0 Å². The summed E-state index contributed by atoms with van der Waals surface area (Å²) in [6, 6.07) is 18.5. The minimum Gasteiger partial charge on any atom is -0.383 e. The Bertz CT molecular complexity index is 1420. The Morgan fingerprint density at radius 2 is 1.66 bits per heavy atom. The maximum absolute atomic E-state index is 13.6. The fourth-order valence-corrected chi connectivity index (χ4v) is 4.18. The molecule has 4 rings (SSSR count). The third-order valence-corrected chi connectivity index (χ3v) is 5.82. The molecule has 0 fully saturated rings. The average molecular weight is 476 g/mol. The molecular formula is C26H29N5O4. The quantitative estimate of drug-likeness (QED) is 0.371. The first kappa shape index (κ1) is 24.2. The highest BCUT2D eigenvalue weighted by Gasteiger charge is 2.24. The van der Waals surface area contributed by atoms with E-state index in [4.69, 9.17) is 4.74 Å². The molecule has 0 aliphatic carbocycles. The van der Waals surface area contributed by atoms with Crippen molar-refractivity contribution < 1.29 is 9.53 Å². The molecule has 0 radical (unpaired) electrons. The van der Waals surface area contributed by atoms with Crippen LogP contribution in [-0.4, -0.2) is 44.4 Å². The molecule has 9 heteroatoms. The van der Waals surface area contributed by atoms with E-state index < -0.39 is 11.2 Å². The molecular weight excluding hydrogens is 446 g/mol. The van der Waals surface area contributed by atoms with Crippen LogP contribution in [0, 0.1) is 0 Å². The number of hydrogen-bond donors (Lipinski definition) is 0. The van der Waals surface area contributed by atoms with E-state index in [0.717, 1.165) is 10.1 Å². The third kappa shape index (κ3) is 4.95. The second-order valence-electron chi connectivity index (χ2n) is 8.54. The van der Waals surface area contributed by atoms with Gasteiger partial charge < -0.3 is 14.2 Å². The summed E-state index contributed by atoms with van der Waals surface area (Å²) in [5.41, 5.74) is 1.01. The Labute approximate surface area is 202 Å². The van der Waals surface area contributed by atoms with Crippen molar-refractivity contribution in [3.63, 3.8) is 0 Å². The standard InChI is InChI=1S/C26H29N5O4/c1-19(2)31(21-12-8-5-9-13-21)22(32)17-30-25(33)23-24(27-18-28(23)14-15-35-3)29(26(30)34)16-20-10-6-4-7-11-20/h4-13,18-19H,14-17H2,1-3H3. The number of ether oxygens (including phenoxy) is 1. The molecule has 0 N–H and O–H groups in total. The Balaban J connectivity index is 1.84. The van der Waals surface area contributed by atoms with E-state index in [1.54, 1.807) is 16.6 Å². The fraction of sp³-hybridized carbons (Fsp3) is 0.308. The molecule has 0 aliphatic rings. The molecule has 0 bridgehead atoms. The van der Waals surface area contributed by atoms with Gasteiger partial charge in [0, 0.05) is 25.4 Å². The van der Waals surface area contributed by atoms with Gasteiger partial charge >= 0.3 is 5.69 Å². The van der Waals surface area contributed by atoms with Gasteiger partial charge in [0.1, 0.15) is 6.54 Å². The number of rotatable bonds is 9. The van der Waals surface area contributed by atoms with Gasteiger partial charge in [0.25, 0.3) is 5.56 Å². The van der Waals surface area contributed by atoms with E-state index in [1.807, 2.05) is 74.5 Å². The highest BCUT2D eigenvalue weighted by atomic mass is 16.5. The monoisotopic (exact) mass is 475 g/mol. The summed E-state index contributed by atoms with van der Waals surface area (Å²) in [7, 11) is 1.57. The molecule has 0 saturated carbocycles. The van der Waals surface area contributed by atoms with Crippen LogP contribution in [0.15, 0.2) is 76.6 Å². The molecule has 182 valence electrons. The molecule has 9 nitrogen and oxygen atoms in total. The number of carbonyl (C=O) groups excluding carboxylic acids is 1. The van der Waals surface area contributed by atoms with Crippen molar-refractivity contribution in [2.24, 2.45) is 0 Å². The zero-order chi connectivity index (χ0) is 24.9. The van der Waals surface area contributed by atoms with Crippen LogP contribution in [0.1, 0.15) is 19.4 Å². The van der Waals surface area contributed by atoms with Crippen molar-refractivity contribution in [1.82, 2.24) is 18.7 Å². The van der Waals surface area contributed by atoms with Crippen LogP contribution in [0.2, 0.25) is 0 Å². The third-order valence-electron chi connectivity index (χ3n) is 5.82. The number of hydrogen-bond acceptors (Lipinski definition) is 5. The first-order valence-corrected chi connectivity index (χ1v) is 11.5. The van der Waals surface area contributed by atoms with Gasteiger partial charge in [-0.3, -0.25) is 14.2 Å². The van der Waals surface area contributed by atoms with Crippen LogP contribution in [0.4, 0.5) is 5.69 Å². The van der Waals surface area contributed by atoms with E-state index in [-0.39, 0.29) is 36.2 Å². The van der Waals surface area contributed by atoms with Crippen molar-refractivity contribution in [3.8, 4) is 0 Å². The van der Waals surface area contributed by atoms with Crippen molar-refractivity contribution in [2.45, 2.75) is 39.5 Å². The average Bonchev–Trinajstić information content (AvgIpc) is 3.28. The van der Waals surface area contributed by atoms with Crippen molar-refractivity contribution in [3.05, 3.63) is 93.4 Å². The van der Waals surface area contributed by atoms with Gasteiger partial charge in [-0.1, -0.05) is 48.5 Å². The summed E-state index contributed by atoms with van der Waals surface area (Å²) < 4.78 is 9.30. The predicted molar refractivity (Wildman–Crippen MR) is 135 cm³/mol. The van der Waals surface area contributed by atoms with E-state index in [9.17, 15) is 14.4 Å². The van der Waals surface area contributed by atoms with Gasteiger partial charge in [-0.2, -0.15) is 0 Å². The zero-order valence-electron chi connectivity index (χ0n) is 20.1. The second kappa shape index (κ2) is 10.5. The Morgan fingerprint density at radius 1 is 1.00 bits per heavy atom. The van der Waals surface area contributed by atoms with Crippen LogP contribution < -0.4 is 16.1 Å². The summed E-state index contributed by atoms with van der Waals surface area (Å²) in [6.07, 6.45) is 1.53. The smallest absolute Gasteiger partial charge is 0.333 e. The largest absolute Gasteiger partial charge is 0.383 e. The molecule has 0 saturated heterocycles. The van der Waals surface area contributed by atoms with Gasteiger partial charge in [0.05, 0.1) is 19.5 Å². The molecule has 0 aliphatic heterocycles. The highest BCUT2D eigenvalue weighted by Crippen LogP contribution is 2.17. The van der Waals surface area contributed by atoms with Gasteiger partial charge in [-0.05, 0) is 31.5 Å². The minimum absolute atomic E-state index is 0.164. The number of carbonyl (C=O) groups is 1. The topological polar surface area (TPSA) is 91.4 Å². The van der Waals surface area contributed by atoms with E-state index in [0.29, 0.717) is 18.8 Å². The van der Waals surface area contributed by atoms with Gasteiger partial charge in [0.2, 0.25) is 5.91 Å². The summed E-state index contributed by atoms with van der Waals surface area (Å²) in [4.78, 5) is 46.5. The summed E-state index contributed by atoms with van der Waals surface area (Å²) in [6.45, 7) is 4.39. The number of nitrogens with zero attached hydrogens (tertiary/aromatic N) is 5. The highest BCUT2D eigenvalue weighted by molar-refractivity contribution is 5.93. The lowest BCUT2D eigenvalue weighted by molar-refractivity contribution is -0.119. The first-order valence-electron chi connectivity index (χ1n) is 11.5. The Hall–Kier alpha value is -3.98. The molecule has 0 atom stereocenters. The number of methoxy groups -OCH3 is 1. The van der Waals surface area contributed by atoms with Crippen LogP contribution >= 0.6 is 0 Å². The van der Waals surface area contributed by atoms with Gasteiger partial charge in [0.15, 0.2) is 11.2 Å². The van der Waals surface area contributed by atoms with Gasteiger partial charge in [-0.25, -0.2) is 14.3 Å². The first-order chi connectivity index (χ1) is 16.9. The molecule has 0 spiro atoms. The number of imidazole rings is 1. The summed E-state index contributed by atoms with van der Waals surface area (Å²) in [5.74, 6) is -0.348. The number of aromatic nitrogens is 4. The maximum atomic E-state index is 13.6. The van der Waals surface area contributed by atoms with E-state index in [1.165, 1.54) is 10.9 Å². The normalized spacial score (nSPS) is 11.3. The number of anilines is 1.